The molecule has 0 bridgehead atoms. The maximum Gasteiger partial charge on any atom is 0.161 e. The third-order valence-electron chi connectivity index (χ3n) is 4.30. The lowest BCUT2D eigenvalue weighted by molar-refractivity contribution is 0.171. The van der Waals surface area contributed by atoms with E-state index in [0.717, 1.165) is 37.3 Å². The molecule has 0 unspecified atom stereocenters. The molecule has 0 amide bonds. The zero-order chi connectivity index (χ0) is 13.7. The Hall–Kier alpha value is -1.22. The number of rotatable bonds is 6. The fraction of sp³-hybridized carbons (Fsp3) is 0.625. The van der Waals surface area contributed by atoms with Crippen LogP contribution in [0.5, 0.6) is 11.5 Å². The van der Waals surface area contributed by atoms with Gasteiger partial charge in [-0.15, -0.1) is 0 Å². The second kappa shape index (κ2) is 6.29. The van der Waals surface area contributed by atoms with Crippen molar-refractivity contribution in [3.63, 3.8) is 0 Å². The van der Waals surface area contributed by atoms with Crippen molar-refractivity contribution in [3.8, 4) is 11.5 Å². The standard InChI is InChI=1S/C16H25NO2/c1-4-16(5-2,6-3)17-12-13-7-8-14-15(11-13)19-10-9-18-14/h7-8,11,17H,4-6,9-10,12H2,1-3H3. The van der Waals surface area contributed by atoms with Gasteiger partial charge in [0.25, 0.3) is 0 Å². The van der Waals surface area contributed by atoms with Crippen LogP contribution in [0, 0.1) is 0 Å². The van der Waals surface area contributed by atoms with Crippen LogP contribution in [0.25, 0.3) is 0 Å². The van der Waals surface area contributed by atoms with Gasteiger partial charge in [0.15, 0.2) is 11.5 Å². The predicted octanol–water partition coefficient (Wildman–Crippen LogP) is 3.52. The molecule has 1 heterocycles. The van der Waals surface area contributed by atoms with Crippen LogP contribution in [-0.4, -0.2) is 18.8 Å². The SMILES string of the molecule is CCC(CC)(CC)NCc1ccc2c(c1)OCCO2. The van der Waals surface area contributed by atoms with Crippen molar-refractivity contribution < 1.29 is 9.47 Å². The smallest absolute Gasteiger partial charge is 0.161 e. The van der Waals surface area contributed by atoms with Crippen molar-refractivity contribution in [2.75, 3.05) is 13.2 Å². The molecule has 1 N–H and O–H groups in total. The van der Waals surface area contributed by atoms with Crippen molar-refractivity contribution in [2.45, 2.75) is 52.1 Å². The van der Waals surface area contributed by atoms with Gasteiger partial charge in [-0.25, -0.2) is 0 Å². The molecule has 19 heavy (non-hydrogen) atoms. The summed E-state index contributed by atoms with van der Waals surface area (Å²) in [6.07, 6.45) is 3.47. The lowest BCUT2D eigenvalue weighted by Crippen LogP contribution is -2.43. The first-order valence-corrected chi connectivity index (χ1v) is 7.36. The van der Waals surface area contributed by atoms with Gasteiger partial charge in [-0.05, 0) is 37.0 Å². The molecular formula is C16H25NO2. The lowest BCUT2D eigenvalue weighted by atomic mass is 9.89. The molecule has 2 rings (SSSR count). The van der Waals surface area contributed by atoms with E-state index in [9.17, 15) is 0 Å². The zero-order valence-corrected chi connectivity index (χ0v) is 12.3. The highest BCUT2D eigenvalue weighted by Gasteiger charge is 2.22. The summed E-state index contributed by atoms with van der Waals surface area (Å²) in [5.74, 6) is 1.74. The molecule has 0 saturated carbocycles. The van der Waals surface area contributed by atoms with Crippen LogP contribution < -0.4 is 14.8 Å². The highest BCUT2D eigenvalue weighted by Crippen LogP contribution is 2.31. The van der Waals surface area contributed by atoms with E-state index < -0.39 is 0 Å². The van der Waals surface area contributed by atoms with Crippen molar-refractivity contribution in [3.05, 3.63) is 23.8 Å². The maximum atomic E-state index is 5.62. The van der Waals surface area contributed by atoms with Crippen LogP contribution in [0.2, 0.25) is 0 Å². The van der Waals surface area contributed by atoms with Gasteiger partial charge in [-0.1, -0.05) is 26.8 Å². The number of fused-ring (bicyclic) bond motifs is 1. The van der Waals surface area contributed by atoms with Gasteiger partial charge in [0.2, 0.25) is 0 Å². The number of hydrogen-bond acceptors (Lipinski definition) is 3. The van der Waals surface area contributed by atoms with E-state index in [0.29, 0.717) is 13.2 Å². The molecule has 1 aliphatic rings. The molecular weight excluding hydrogens is 238 g/mol. The summed E-state index contributed by atoms with van der Waals surface area (Å²) in [7, 11) is 0. The summed E-state index contributed by atoms with van der Waals surface area (Å²) < 4.78 is 11.2. The fourth-order valence-corrected chi connectivity index (χ4v) is 2.61. The molecule has 0 radical (unpaired) electrons. The van der Waals surface area contributed by atoms with E-state index in [4.69, 9.17) is 9.47 Å². The van der Waals surface area contributed by atoms with Crippen molar-refractivity contribution in [1.29, 1.82) is 0 Å². The van der Waals surface area contributed by atoms with Gasteiger partial charge in [0.05, 0.1) is 0 Å². The summed E-state index contributed by atoms with van der Waals surface area (Å²) in [6, 6.07) is 6.22. The van der Waals surface area contributed by atoms with E-state index in [1.165, 1.54) is 5.56 Å². The lowest BCUT2D eigenvalue weighted by Gasteiger charge is -2.32. The van der Waals surface area contributed by atoms with Crippen molar-refractivity contribution in [1.82, 2.24) is 5.32 Å². The molecule has 0 aromatic heterocycles. The van der Waals surface area contributed by atoms with Crippen LogP contribution in [0.15, 0.2) is 18.2 Å². The van der Waals surface area contributed by atoms with E-state index in [1.807, 2.05) is 6.07 Å². The average Bonchev–Trinajstić information content (AvgIpc) is 2.49. The Labute approximate surface area is 116 Å². The summed E-state index contributed by atoms with van der Waals surface area (Å²) in [5.41, 5.74) is 1.51. The van der Waals surface area contributed by atoms with Gasteiger partial charge >= 0.3 is 0 Å². The molecule has 0 spiro atoms. The molecule has 0 fully saturated rings. The fourth-order valence-electron chi connectivity index (χ4n) is 2.61. The monoisotopic (exact) mass is 263 g/mol. The Morgan fingerprint density at radius 3 is 2.26 bits per heavy atom. The van der Waals surface area contributed by atoms with Crippen LogP contribution >= 0.6 is 0 Å². The molecule has 0 atom stereocenters. The first-order valence-electron chi connectivity index (χ1n) is 7.36. The molecule has 3 heteroatoms. The van der Waals surface area contributed by atoms with Crippen LogP contribution in [0.4, 0.5) is 0 Å². The van der Waals surface area contributed by atoms with Crippen molar-refractivity contribution >= 4 is 0 Å². The van der Waals surface area contributed by atoms with Gasteiger partial charge < -0.3 is 14.8 Å². The molecule has 0 aliphatic carbocycles. The second-order valence-electron chi connectivity index (χ2n) is 5.17. The van der Waals surface area contributed by atoms with Gasteiger partial charge in [-0.3, -0.25) is 0 Å². The van der Waals surface area contributed by atoms with Crippen LogP contribution in [-0.2, 0) is 6.54 Å². The number of benzene rings is 1. The minimum Gasteiger partial charge on any atom is -0.486 e. The third-order valence-corrected chi connectivity index (χ3v) is 4.30. The first kappa shape index (κ1) is 14.2. The predicted molar refractivity (Wildman–Crippen MR) is 77.9 cm³/mol. The van der Waals surface area contributed by atoms with E-state index in [-0.39, 0.29) is 5.54 Å². The summed E-state index contributed by atoms with van der Waals surface area (Å²) in [5, 5.41) is 3.71. The van der Waals surface area contributed by atoms with Gasteiger partial charge in [0.1, 0.15) is 13.2 Å². The van der Waals surface area contributed by atoms with Crippen LogP contribution in [0.3, 0.4) is 0 Å². The summed E-state index contributed by atoms with van der Waals surface area (Å²) in [4.78, 5) is 0. The highest BCUT2D eigenvalue weighted by atomic mass is 16.6. The molecule has 3 nitrogen and oxygen atoms in total. The average molecular weight is 263 g/mol. The van der Waals surface area contributed by atoms with Crippen LogP contribution in [0.1, 0.15) is 45.6 Å². The second-order valence-corrected chi connectivity index (χ2v) is 5.17. The topological polar surface area (TPSA) is 30.5 Å². The number of hydrogen-bond donors (Lipinski definition) is 1. The quantitative estimate of drug-likeness (QED) is 0.852. The Kier molecular flexibility index (Phi) is 4.70. The third kappa shape index (κ3) is 3.21. The largest absolute Gasteiger partial charge is 0.486 e. The summed E-state index contributed by atoms with van der Waals surface area (Å²) in [6.45, 7) is 8.94. The summed E-state index contributed by atoms with van der Waals surface area (Å²) >= 11 is 0. The number of nitrogens with one attached hydrogen (secondary N) is 1. The van der Waals surface area contributed by atoms with Gasteiger partial charge in [-0.2, -0.15) is 0 Å². The minimum atomic E-state index is 0.257. The molecule has 1 aromatic carbocycles. The Balaban J connectivity index is 2.03. The Morgan fingerprint density at radius 1 is 1.00 bits per heavy atom. The van der Waals surface area contributed by atoms with E-state index >= 15 is 0 Å². The Morgan fingerprint density at radius 2 is 1.63 bits per heavy atom. The maximum absolute atomic E-state index is 5.62. The van der Waals surface area contributed by atoms with E-state index in [2.05, 4.69) is 38.2 Å². The minimum absolute atomic E-state index is 0.257. The molecule has 1 aromatic rings. The molecule has 1 aliphatic heterocycles. The van der Waals surface area contributed by atoms with Gasteiger partial charge in [0, 0.05) is 12.1 Å². The Bertz CT molecular complexity index is 405. The van der Waals surface area contributed by atoms with Crippen molar-refractivity contribution in [2.24, 2.45) is 0 Å². The zero-order valence-electron chi connectivity index (χ0n) is 12.3. The number of ether oxygens (including phenoxy) is 2. The highest BCUT2D eigenvalue weighted by molar-refractivity contribution is 5.43. The van der Waals surface area contributed by atoms with E-state index in [1.54, 1.807) is 0 Å². The normalized spacial score (nSPS) is 14.5. The molecule has 106 valence electrons. The molecule has 0 saturated heterocycles. The first-order chi connectivity index (χ1) is 9.23.